The summed E-state index contributed by atoms with van der Waals surface area (Å²) >= 11 is 5.88. The van der Waals surface area contributed by atoms with Crippen LogP contribution < -0.4 is 16.0 Å². The molecule has 0 radical (unpaired) electrons. The van der Waals surface area contributed by atoms with Crippen LogP contribution in [0.4, 0.5) is 21.9 Å². The van der Waals surface area contributed by atoms with Gasteiger partial charge < -0.3 is 20.7 Å². The van der Waals surface area contributed by atoms with Gasteiger partial charge in [0.15, 0.2) is 0 Å². The van der Waals surface area contributed by atoms with Crippen LogP contribution in [-0.4, -0.2) is 36.5 Å². The van der Waals surface area contributed by atoms with Crippen LogP contribution in [0.2, 0.25) is 5.02 Å². The number of ether oxygens (including phenoxy) is 1. The Balaban J connectivity index is 1.40. The maximum atomic E-state index is 12.4. The zero-order chi connectivity index (χ0) is 22.7. The monoisotopic (exact) mass is 451 g/mol. The molecular formula is C24H26ClN5O2. The van der Waals surface area contributed by atoms with Gasteiger partial charge in [0.05, 0.1) is 12.1 Å². The Labute approximate surface area is 192 Å². The first-order valence-corrected chi connectivity index (χ1v) is 10.9. The van der Waals surface area contributed by atoms with Gasteiger partial charge in [0.25, 0.3) is 6.02 Å². The molecule has 3 N–H and O–H groups in total. The van der Waals surface area contributed by atoms with Gasteiger partial charge in [-0.3, -0.25) is 4.99 Å². The number of hydrogen-bond acceptors (Lipinski definition) is 5. The van der Waals surface area contributed by atoms with Crippen molar-refractivity contribution in [3.05, 3.63) is 65.2 Å². The van der Waals surface area contributed by atoms with E-state index in [1.807, 2.05) is 44.3 Å². The Morgan fingerprint density at radius 3 is 2.50 bits per heavy atom. The van der Waals surface area contributed by atoms with Crippen LogP contribution in [0.1, 0.15) is 19.4 Å². The number of aliphatic imine (C=N–C) groups is 2. The predicted molar refractivity (Wildman–Crippen MR) is 131 cm³/mol. The van der Waals surface area contributed by atoms with Crippen molar-refractivity contribution in [3.8, 4) is 0 Å². The summed E-state index contributed by atoms with van der Waals surface area (Å²) in [6.45, 7) is 6.11. The van der Waals surface area contributed by atoms with Gasteiger partial charge in [-0.1, -0.05) is 23.7 Å². The lowest BCUT2D eigenvalue weighted by molar-refractivity contribution is 0.139. The SMILES string of the molecule is Cc1ccc(NC(=O)Nc2ccc(Cl)cc2)cc1NC1=NC(C)C(C2C=CC=NC2C)O1. The highest BCUT2D eigenvalue weighted by Gasteiger charge is 2.36. The predicted octanol–water partition coefficient (Wildman–Crippen LogP) is 5.49. The van der Waals surface area contributed by atoms with Crippen LogP contribution in [0.15, 0.2) is 64.6 Å². The first-order valence-electron chi connectivity index (χ1n) is 10.5. The van der Waals surface area contributed by atoms with Crippen molar-refractivity contribution in [2.24, 2.45) is 15.9 Å². The highest BCUT2D eigenvalue weighted by atomic mass is 35.5. The van der Waals surface area contributed by atoms with Crippen LogP contribution >= 0.6 is 11.6 Å². The molecule has 2 aliphatic heterocycles. The van der Waals surface area contributed by atoms with E-state index in [0.29, 0.717) is 22.4 Å². The van der Waals surface area contributed by atoms with Gasteiger partial charge in [0.2, 0.25) is 0 Å². The standard InChI is InChI=1S/C24H26ClN5O2/c1-14-6-9-19(29-23(31)28-18-10-7-17(25)8-11-18)13-21(14)30-24-27-16(3)22(32-24)20-5-4-12-26-15(20)2/h4-13,15-16,20,22H,1-3H3,(H,27,30)(H2,28,29,31). The van der Waals surface area contributed by atoms with Crippen molar-refractivity contribution < 1.29 is 9.53 Å². The summed E-state index contributed by atoms with van der Waals surface area (Å²) in [5.41, 5.74) is 3.12. The average Bonchev–Trinajstić information content (AvgIpc) is 3.12. The minimum atomic E-state index is -0.344. The minimum absolute atomic E-state index is 0.00895. The van der Waals surface area contributed by atoms with E-state index in [4.69, 9.17) is 16.3 Å². The Bertz CT molecular complexity index is 1080. The number of anilines is 3. The molecule has 0 aliphatic carbocycles. The lowest BCUT2D eigenvalue weighted by atomic mass is 9.90. The highest BCUT2D eigenvalue weighted by Crippen LogP contribution is 2.29. The van der Waals surface area contributed by atoms with Crippen LogP contribution in [0.25, 0.3) is 0 Å². The molecule has 0 bridgehead atoms. The Morgan fingerprint density at radius 1 is 1.03 bits per heavy atom. The molecule has 2 amide bonds. The lowest BCUT2D eigenvalue weighted by Crippen LogP contribution is -2.36. The molecule has 0 saturated carbocycles. The number of halogens is 1. The second-order valence-corrected chi connectivity index (χ2v) is 8.44. The van der Waals surface area contributed by atoms with Crippen LogP contribution in [0, 0.1) is 12.8 Å². The summed E-state index contributed by atoms with van der Waals surface area (Å²) in [5, 5.41) is 9.51. The molecule has 8 heteroatoms. The van der Waals surface area contributed by atoms with E-state index in [0.717, 1.165) is 11.3 Å². The van der Waals surface area contributed by atoms with Crippen molar-refractivity contribution in [1.29, 1.82) is 0 Å². The summed E-state index contributed by atoms with van der Waals surface area (Å²) in [7, 11) is 0. The Morgan fingerprint density at radius 2 is 1.75 bits per heavy atom. The molecule has 2 aliphatic rings. The second-order valence-electron chi connectivity index (χ2n) is 8.00. The topological polar surface area (TPSA) is 87.1 Å². The van der Waals surface area contributed by atoms with Gasteiger partial charge in [-0.25, -0.2) is 9.79 Å². The highest BCUT2D eigenvalue weighted by molar-refractivity contribution is 6.30. The Hall–Kier alpha value is -3.32. The van der Waals surface area contributed by atoms with Crippen LogP contribution in [0.5, 0.6) is 0 Å². The summed E-state index contributed by atoms with van der Waals surface area (Å²) < 4.78 is 6.16. The van der Waals surface area contributed by atoms with Gasteiger partial charge in [0.1, 0.15) is 6.10 Å². The van der Waals surface area contributed by atoms with Crippen molar-refractivity contribution in [2.45, 2.75) is 39.0 Å². The van der Waals surface area contributed by atoms with Crippen LogP contribution in [-0.2, 0) is 4.74 Å². The van der Waals surface area contributed by atoms with E-state index in [1.54, 1.807) is 24.3 Å². The number of nitrogens with one attached hydrogen (secondary N) is 3. The maximum absolute atomic E-state index is 12.4. The summed E-state index contributed by atoms with van der Waals surface area (Å²) in [6, 6.07) is 12.8. The van der Waals surface area contributed by atoms with Crippen molar-refractivity contribution in [1.82, 2.24) is 0 Å². The van der Waals surface area contributed by atoms with E-state index in [9.17, 15) is 4.79 Å². The number of carbonyl (C=O) groups is 1. The molecule has 4 unspecified atom stereocenters. The number of rotatable bonds is 4. The molecule has 2 aromatic carbocycles. The largest absolute Gasteiger partial charge is 0.459 e. The number of urea groups is 1. The molecule has 2 aromatic rings. The number of hydrogen-bond donors (Lipinski definition) is 3. The summed E-state index contributed by atoms with van der Waals surface area (Å²) in [6.07, 6.45) is 5.84. The number of amidine groups is 1. The average molecular weight is 452 g/mol. The van der Waals surface area contributed by atoms with E-state index >= 15 is 0 Å². The van der Waals surface area contributed by atoms with Gasteiger partial charge in [-0.2, -0.15) is 0 Å². The third kappa shape index (κ3) is 5.11. The molecule has 32 heavy (non-hydrogen) atoms. The quantitative estimate of drug-likeness (QED) is 0.574. The fourth-order valence-corrected chi connectivity index (χ4v) is 3.89. The zero-order valence-electron chi connectivity index (χ0n) is 18.2. The number of nitrogens with zero attached hydrogens (tertiary/aromatic N) is 2. The molecule has 4 atom stereocenters. The smallest absolute Gasteiger partial charge is 0.323 e. The lowest BCUT2D eigenvalue weighted by Gasteiger charge is -2.27. The normalized spacial score (nSPS) is 23.9. The molecule has 0 spiro atoms. The second kappa shape index (κ2) is 9.44. The van der Waals surface area contributed by atoms with Gasteiger partial charge in [-0.05, 0) is 68.8 Å². The molecule has 0 aromatic heterocycles. The fraction of sp³-hybridized carbons (Fsp3) is 0.292. The van der Waals surface area contributed by atoms with E-state index in [2.05, 4.69) is 38.9 Å². The van der Waals surface area contributed by atoms with Gasteiger partial charge in [0, 0.05) is 34.2 Å². The van der Waals surface area contributed by atoms with E-state index in [1.165, 1.54) is 0 Å². The molecule has 0 fully saturated rings. The maximum Gasteiger partial charge on any atom is 0.323 e. The van der Waals surface area contributed by atoms with E-state index < -0.39 is 0 Å². The van der Waals surface area contributed by atoms with Crippen molar-refractivity contribution >= 4 is 46.9 Å². The number of allylic oxidation sites excluding steroid dienone is 1. The minimum Gasteiger partial charge on any atom is -0.459 e. The van der Waals surface area contributed by atoms with Gasteiger partial charge >= 0.3 is 6.03 Å². The molecule has 166 valence electrons. The molecule has 4 rings (SSSR count). The first kappa shape index (κ1) is 21.9. The molecular weight excluding hydrogens is 426 g/mol. The zero-order valence-corrected chi connectivity index (χ0v) is 18.9. The molecule has 2 heterocycles. The fourth-order valence-electron chi connectivity index (χ4n) is 3.76. The number of dihydropyridines is 1. The summed E-state index contributed by atoms with van der Waals surface area (Å²) in [4.78, 5) is 21.5. The number of aryl methyl sites for hydroxylation is 1. The van der Waals surface area contributed by atoms with E-state index in [-0.39, 0.29) is 30.1 Å². The summed E-state index contributed by atoms with van der Waals surface area (Å²) in [5.74, 6) is 0.170. The number of benzene rings is 2. The Kier molecular flexibility index (Phi) is 6.46. The first-order chi connectivity index (χ1) is 15.4. The van der Waals surface area contributed by atoms with Crippen molar-refractivity contribution in [3.63, 3.8) is 0 Å². The third-order valence-corrected chi connectivity index (χ3v) is 5.81. The van der Waals surface area contributed by atoms with Crippen molar-refractivity contribution in [2.75, 3.05) is 16.0 Å². The molecule has 0 saturated heterocycles. The molecule has 7 nitrogen and oxygen atoms in total. The third-order valence-electron chi connectivity index (χ3n) is 5.56. The van der Waals surface area contributed by atoms with Crippen LogP contribution in [0.3, 0.4) is 0 Å². The number of amides is 2. The number of carbonyl (C=O) groups excluding carboxylic acids is 1. The van der Waals surface area contributed by atoms with Gasteiger partial charge in [-0.15, -0.1) is 0 Å².